The van der Waals surface area contributed by atoms with Crippen molar-refractivity contribution >= 4 is 44.3 Å². The summed E-state index contributed by atoms with van der Waals surface area (Å²) in [6.45, 7) is 2.14. The first kappa shape index (κ1) is 20.9. The number of carboxylic acids is 1. The summed E-state index contributed by atoms with van der Waals surface area (Å²) in [5.41, 5.74) is 2.02. The minimum Gasteiger partial charge on any atom is -0.481 e. The van der Waals surface area contributed by atoms with E-state index >= 15 is 0 Å². The van der Waals surface area contributed by atoms with Crippen LogP contribution in [0.25, 0.3) is 0 Å². The molecule has 2 heterocycles. The van der Waals surface area contributed by atoms with E-state index in [1.807, 2.05) is 29.2 Å². The molecule has 2 atom stereocenters. The third kappa shape index (κ3) is 4.94. The van der Waals surface area contributed by atoms with Crippen LogP contribution in [0.1, 0.15) is 38.2 Å². The number of fused-ring (bicyclic) bond motifs is 1. The predicted molar refractivity (Wildman–Crippen MR) is 111 cm³/mol. The molecule has 1 aromatic carbocycles. The zero-order valence-electron chi connectivity index (χ0n) is 15.7. The quantitative estimate of drug-likeness (QED) is 0.717. The monoisotopic (exact) mass is 424 g/mol. The van der Waals surface area contributed by atoms with Gasteiger partial charge in [0.05, 0.1) is 24.0 Å². The Kier molecular flexibility index (Phi) is 6.44. The van der Waals surface area contributed by atoms with Gasteiger partial charge in [-0.05, 0) is 30.5 Å². The highest BCUT2D eigenvalue weighted by molar-refractivity contribution is 8.16. The number of aliphatic imine (C=N–C) groups is 1. The van der Waals surface area contributed by atoms with Crippen LogP contribution in [-0.4, -0.2) is 53.4 Å². The Hall–Kier alpha value is -1.87. The van der Waals surface area contributed by atoms with Crippen molar-refractivity contribution in [2.45, 2.75) is 50.3 Å². The number of carboxylic acid groups (broad SMARTS) is 1. The molecule has 0 radical (unpaired) electrons. The smallest absolute Gasteiger partial charge is 0.303 e. The van der Waals surface area contributed by atoms with Gasteiger partial charge in [0.1, 0.15) is 0 Å². The Morgan fingerprint density at radius 1 is 1.21 bits per heavy atom. The summed E-state index contributed by atoms with van der Waals surface area (Å²) in [5, 5.41) is 9.04. The third-order valence-electron chi connectivity index (χ3n) is 4.87. The molecule has 0 spiro atoms. The van der Waals surface area contributed by atoms with Crippen molar-refractivity contribution in [1.29, 1.82) is 0 Å². The number of sulfone groups is 1. The third-order valence-corrected chi connectivity index (χ3v) is 8.08. The van der Waals surface area contributed by atoms with Crippen molar-refractivity contribution in [3.05, 3.63) is 29.8 Å². The molecule has 0 saturated carbocycles. The molecule has 0 unspecified atom stereocenters. The van der Waals surface area contributed by atoms with Crippen molar-refractivity contribution in [2.24, 2.45) is 4.99 Å². The fourth-order valence-electron chi connectivity index (χ4n) is 3.45. The average Bonchev–Trinajstić information content (AvgIpc) is 3.09. The number of unbranched alkanes of at least 4 members (excludes halogenated alkanes) is 1. The predicted octanol–water partition coefficient (Wildman–Crippen LogP) is 2.50. The van der Waals surface area contributed by atoms with E-state index in [9.17, 15) is 18.0 Å². The second kappa shape index (κ2) is 8.65. The number of anilines is 1. The van der Waals surface area contributed by atoms with Crippen LogP contribution in [0.3, 0.4) is 0 Å². The summed E-state index contributed by atoms with van der Waals surface area (Å²) in [6, 6.07) is 7.67. The lowest BCUT2D eigenvalue weighted by atomic mass is 10.1. The van der Waals surface area contributed by atoms with Crippen molar-refractivity contribution in [1.82, 2.24) is 0 Å². The van der Waals surface area contributed by atoms with E-state index < -0.39 is 21.7 Å². The molecule has 3 rings (SSSR count). The van der Waals surface area contributed by atoms with Crippen LogP contribution >= 0.6 is 11.8 Å². The maximum Gasteiger partial charge on any atom is 0.303 e. The molecule has 9 heteroatoms. The van der Waals surface area contributed by atoms with E-state index in [2.05, 4.69) is 11.9 Å². The van der Waals surface area contributed by atoms with Crippen molar-refractivity contribution in [2.75, 3.05) is 16.4 Å². The van der Waals surface area contributed by atoms with Gasteiger partial charge in [-0.3, -0.25) is 9.59 Å². The molecule has 1 N–H and O–H groups in total. The SMILES string of the molecule is CCCCc1ccc(N2C(=NC(=O)CCC(=O)O)S[C@@H]3CS(=O)(=O)C[C@H]32)cc1. The molecule has 28 heavy (non-hydrogen) atoms. The van der Waals surface area contributed by atoms with Crippen LogP contribution in [0.2, 0.25) is 0 Å². The molecule has 2 aliphatic rings. The standard InChI is InChI=1S/C19H24N2O5S2/c1-2-3-4-13-5-7-14(8-6-13)21-15-11-28(25,26)12-16(15)27-19(21)20-17(22)9-10-18(23)24/h5-8,15-16H,2-4,9-12H2,1H3,(H,23,24)/t15-,16-/m1/s1. The van der Waals surface area contributed by atoms with Crippen LogP contribution in [0, 0.1) is 0 Å². The Labute approximate surface area is 169 Å². The van der Waals surface area contributed by atoms with Gasteiger partial charge < -0.3 is 10.0 Å². The van der Waals surface area contributed by atoms with E-state index in [0.29, 0.717) is 5.17 Å². The van der Waals surface area contributed by atoms with Crippen LogP contribution in [0.5, 0.6) is 0 Å². The minimum atomic E-state index is -3.12. The number of aliphatic carboxylic acids is 1. The Balaban J connectivity index is 1.85. The molecule has 1 aromatic rings. The highest BCUT2D eigenvalue weighted by atomic mass is 32.2. The largest absolute Gasteiger partial charge is 0.481 e. The molecule has 2 fully saturated rings. The number of carbonyl (C=O) groups excluding carboxylic acids is 1. The Morgan fingerprint density at radius 3 is 2.57 bits per heavy atom. The number of benzene rings is 1. The molecule has 0 aliphatic carbocycles. The highest BCUT2D eigenvalue weighted by Crippen LogP contribution is 2.41. The topological polar surface area (TPSA) is 104 Å². The lowest BCUT2D eigenvalue weighted by molar-refractivity contribution is -0.138. The number of aryl methyl sites for hydroxylation is 1. The van der Waals surface area contributed by atoms with Gasteiger partial charge in [-0.25, -0.2) is 8.42 Å². The van der Waals surface area contributed by atoms with E-state index in [0.717, 1.165) is 24.9 Å². The molecule has 2 aliphatic heterocycles. The number of hydrogen-bond acceptors (Lipinski definition) is 5. The number of rotatable bonds is 7. The van der Waals surface area contributed by atoms with Crippen LogP contribution in [0.4, 0.5) is 5.69 Å². The summed E-state index contributed by atoms with van der Waals surface area (Å²) < 4.78 is 24.2. The minimum absolute atomic E-state index is 0.0323. The fourth-order valence-corrected chi connectivity index (χ4v) is 7.38. The zero-order valence-corrected chi connectivity index (χ0v) is 17.3. The van der Waals surface area contributed by atoms with Gasteiger partial charge >= 0.3 is 5.97 Å². The summed E-state index contributed by atoms with van der Waals surface area (Å²) in [7, 11) is -3.12. The lowest BCUT2D eigenvalue weighted by Crippen LogP contribution is -2.37. The maximum atomic E-state index is 12.1. The van der Waals surface area contributed by atoms with E-state index in [1.54, 1.807) is 0 Å². The molecular weight excluding hydrogens is 400 g/mol. The number of amidine groups is 1. The van der Waals surface area contributed by atoms with Crippen molar-refractivity contribution < 1.29 is 23.1 Å². The zero-order chi connectivity index (χ0) is 20.3. The first-order chi connectivity index (χ1) is 13.3. The molecule has 2 saturated heterocycles. The summed E-state index contributed by atoms with van der Waals surface area (Å²) in [6.07, 6.45) is 2.76. The summed E-state index contributed by atoms with van der Waals surface area (Å²) >= 11 is 1.30. The molecule has 152 valence electrons. The van der Waals surface area contributed by atoms with Gasteiger partial charge in [-0.2, -0.15) is 4.99 Å². The van der Waals surface area contributed by atoms with Crippen LogP contribution in [-0.2, 0) is 25.8 Å². The molecular formula is C19H24N2O5S2. The number of carbonyl (C=O) groups is 2. The Bertz CT molecular complexity index is 880. The first-order valence-corrected chi connectivity index (χ1v) is 12.1. The van der Waals surface area contributed by atoms with E-state index in [4.69, 9.17) is 5.11 Å². The number of nitrogens with zero attached hydrogens (tertiary/aromatic N) is 2. The molecule has 0 bridgehead atoms. The second-order valence-electron chi connectivity index (χ2n) is 7.12. The second-order valence-corrected chi connectivity index (χ2v) is 10.5. The van der Waals surface area contributed by atoms with Gasteiger partial charge in [0.25, 0.3) is 0 Å². The molecule has 7 nitrogen and oxygen atoms in total. The summed E-state index contributed by atoms with van der Waals surface area (Å²) in [5.74, 6) is -1.45. The van der Waals surface area contributed by atoms with Gasteiger partial charge in [0, 0.05) is 17.4 Å². The van der Waals surface area contributed by atoms with Crippen LogP contribution in [0.15, 0.2) is 29.3 Å². The molecule has 1 amide bonds. The van der Waals surface area contributed by atoms with Crippen molar-refractivity contribution in [3.63, 3.8) is 0 Å². The van der Waals surface area contributed by atoms with E-state index in [1.165, 1.54) is 17.3 Å². The fraction of sp³-hybridized carbons (Fsp3) is 0.526. The Morgan fingerprint density at radius 2 is 1.93 bits per heavy atom. The normalized spacial score (nSPS) is 24.5. The van der Waals surface area contributed by atoms with Gasteiger partial charge in [-0.1, -0.05) is 37.2 Å². The van der Waals surface area contributed by atoms with Crippen molar-refractivity contribution in [3.8, 4) is 0 Å². The average molecular weight is 425 g/mol. The van der Waals surface area contributed by atoms with Gasteiger partial charge in [0.15, 0.2) is 15.0 Å². The number of hydrogen-bond donors (Lipinski definition) is 1. The maximum absolute atomic E-state index is 12.1. The lowest BCUT2D eigenvalue weighted by Gasteiger charge is -2.24. The van der Waals surface area contributed by atoms with Gasteiger partial charge in [0.2, 0.25) is 5.91 Å². The van der Waals surface area contributed by atoms with Crippen LogP contribution < -0.4 is 4.90 Å². The van der Waals surface area contributed by atoms with E-state index in [-0.39, 0.29) is 35.6 Å². The first-order valence-electron chi connectivity index (χ1n) is 9.37. The number of thioether (sulfide) groups is 1. The number of amides is 1. The highest BCUT2D eigenvalue weighted by Gasteiger charge is 2.49. The summed E-state index contributed by atoms with van der Waals surface area (Å²) in [4.78, 5) is 28.7. The van der Waals surface area contributed by atoms with Gasteiger partial charge in [-0.15, -0.1) is 0 Å². The molecule has 0 aromatic heterocycles.